The molecule has 152 valence electrons. The van der Waals surface area contributed by atoms with E-state index in [4.69, 9.17) is 19.4 Å². The Morgan fingerprint density at radius 1 is 1.52 bits per heavy atom. The predicted octanol–water partition coefficient (Wildman–Crippen LogP) is 1.99. The summed E-state index contributed by atoms with van der Waals surface area (Å²) in [5, 5.41) is 11.4. The average Bonchev–Trinajstić information content (AvgIpc) is 3.19. The van der Waals surface area contributed by atoms with E-state index in [2.05, 4.69) is 22.8 Å². The number of aryl methyl sites for hydroxylation is 1. The normalized spacial score (nSPS) is 25.4. The summed E-state index contributed by atoms with van der Waals surface area (Å²) in [6.45, 7) is 7.05. The van der Waals surface area contributed by atoms with Gasteiger partial charge in [-0.2, -0.15) is 18.3 Å². The summed E-state index contributed by atoms with van der Waals surface area (Å²) in [4.78, 5) is 11.4. The van der Waals surface area contributed by atoms with Crippen molar-refractivity contribution in [2.75, 3.05) is 19.8 Å². The monoisotopic (exact) mass is 391 g/mol. The third kappa shape index (κ3) is 6.05. The quantitative estimate of drug-likeness (QED) is 0.774. The predicted molar refractivity (Wildman–Crippen MR) is 90.0 cm³/mol. The van der Waals surface area contributed by atoms with E-state index in [9.17, 15) is 13.2 Å². The van der Waals surface area contributed by atoms with Crippen LogP contribution in [0, 0.1) is 0 Å². The number of halogens is 3. The molecule has 27 heavy (non-hydrogen) atoms. The number of aliphatic carboxylic acids is 1. The van der Waals surface area contributed by atoms with Gasteiger partial charge in [0.15, 0.2) is 0 Å². The number of alkyl halides is 3. The zero-order valence-electron chi connectivity index (χ0n) is 15.1. The second-order valence-electron chi connectivity index (χ2n) is 6.44. The summed E-state index contributed by atoms with van der Waals surface area (Å²) < 4.78 is 45.4. The van der Waals surface area contributed by atoms with Crippen molar-refractivity contribution >= 4 is 5.97 Å². The van der Waals surface area contributed by atoms with Crippen LogP contribution in [0.15, 0.2) is 25.0 Å². The number of carbonyl (C=O) groups is 1. The van der Waals surface area contributed by atoms with E-state index in [1.54, 1.807) is 0 Å². The van der Waals surface area contributed by atoms with Crippen LogP contribution < -0.4 is 0 Å². The standard InChI is InChI=1S/C15H23N3O2.C2HF3O2/c1-3-7-19-14-5-4-13-15(14)20-8-6-18(13)11-12-9-16-17(2)10-12;3-2(4,5)1(6)7/h3,9-10,13-15H,1,4-8,11H2,2H3;(H,6,7)/t13-,14-,15+;/m0./s1. The van der Waals surface area contributed by atoms with Crippen molar-refractivity contribution in [3.8, 4) is 0 Å². The van der Waals surface area contributed by atoms with E-state index in [0.717, 1.165) is 32.5 Å². The van der Waals surface area contributed by atoms with Crippen molar-refractivity contribution in [2.45, 2.75) is 43.8 Å². The van der Waals surface area contributed by atoms with E-state index in [1.807, 2.05) is 24.0 Å². The summed E-state index contributed by atoms with van der Waals surface area (Å²) in [6, 6.07) is 0.471. The molecule has 1 N–H and O–H groups in total. The highest BCUT2D eigenvalue weighted by molar-refractivity contribution is 5.73. The molecule has 2 fully saturated rings. The molecule has 2 heterocycles. The lowest BCUT2D eigenvalue weighted by Gasteiger charge is -2.38. The molecule has 0 amide bonds. The number of nitrogens with zero attached hydrogens (tertiary/aromatic N) is 3. The van der Waals surface area contributed by atoms with Gasteiger partial charge in [0.1, 0.15) is 0 Å². The van der Waals surface area contributed by atoms with Crippen LogP contribution >= 0.6 is 0 Å². The van der Waals surface area contributed by atoms with Crippen LogP contribution in [0.2, 0.25) is 0 Å². The number of fused-ring (bicyclic) bond motifs is 1. The summed E-state index contributed by atoms with van der Waals surface area (Å²) >= 11 is 0. The van der Waals surface area contributed by atoms with Gasteiger partial charge in [0.05, 0.1) is 31.6 Å². The van der Waals surface area contributed by atoms with Gasteiger partial charge in [-0.25, -0.2) is 4.79 Å². The third-order valence-corrected chi connectivity index (χ3v) is 4.47. The SMILES string of the molecule is C=CCO[C@H]1CC[C@H]2[C@H]1OCCN2Cc1cnn(C)c1.O=C(O)C(F)(F)F. The van der Waals surface area contributed by atoms with Crippen LogP contribution in [-0.2, 0) is 27.9 Å². The number of hydrogen-bond acceptors (Lipinski definition) is 5. The summed E-state index contributed by atoms with van der Waals surface area (Å²) in [6.07, 6.45) is 3.41. The molecule has 0 aromatic carbocycles. The van der Waals surface area contributed by atoms with Crippen molar-refractivity contribution in [3.63, 3.8) is 0 Å². The number of ether oxygens (including phenoxy) is 2. The van der Waals surface area contributed by atoms with E-state index in [-0.39, 0.29) is 12.2 Å². The summed E-state index contributed by atoms with van der Waals surface area (Å²) in [5.74, 6) is -2.76. The molecule has 3 rings (SSSR count). The van der Waals surface area contributed by atoms with Crippen molar-refractivity contribution in [2.24, 2.45) is 7.05 Å². The van der Waals surface area contributed by atoms with Crippen molar-refractivity contribution in [3.05, 3.63) is 30.6 Å². The molecule has 1 aliphatic carbocycles. The maximum atomic E-state index is 10.6. The van der Waals surface area contributed by atoms with Crippen LogP contribution in [0.25, 0.3) is 0 Å². The average molecular weight is 391 g/mol. The van der Waals surface area contributed by atoms with E-state index in [0.29, 0.717) is 12.6 Å². The summed E-state index contributed by atoms with van der Waals surface area (Å²) in [7, 11) is 1.96. The minimum Gasteiger partial charge on any atom is -0.475 e. The molecule has 3 atom stereocenters. The number of aromatic nitrogens is 2. The first-order valence-electron chi connectivity index (χ1n) is 8.58. The fraction of sp³-hybridized carbons (Fsp3) is 0.647. The largest absolute Gasteiger partial charge is 0.490 e. The second-order valence-corrected chi connectivity index (χ2v) is 6.44. The van der Waals surface area contributed by atoms with E-state index in [1.165, 1.54) is 5.56 Å². The molecule has 0 spiro atoms. The lowest BCUT2D eigenvalue weighted by molar-refractivity contribution is -0.192. The molecule has 1 aliphatic heterocycles. The first-order valence-corrected chi connectivity index (χ1v) is 8.58. The molecule has 1 saturated carbocycles. The Kier molecular flexibility index (Phi) is 7.40. The van der Waals surface area contributed by atoms with Crippen molar-refractivity contribution < 1.29 is 32.5 Å². The third-order valence-electron chi connectivity index (χ3n) is 4.47. The smallest absolute Gasteiger partial charge is 0.475 e. The van der Waals surface area contributed by atoms with E-state index >= 15 is 0 Å². The second kappa shape index (κ2) is 9.34. The van der Waals surface area contributed by atoms with Crippen LogP contribution in [0.1, 0.15) is 18.4 Å². The highest BCUT2D eigenvalue weighted by Gasteiger charge is 2.43. The minimum absolute atomic E-state index is 0.209. The number of rotatable bonds is 5. The van der Waals surface area contributed by atoms with Gasteiger partial charge in [-0.1, -0.05) is 6.08 Å². The topological polar surface area (TPSA) is 76.8 Å². The number of carboxylic acids is 1. The van der Waals surface area contributed by atoms with Gasteiger partial charge in [0.2, 0.25) is 0 Å². The maximum absolute atomic E-state index is 10.6. The van der Waals surface area contributed by atoms with Gasteiger partial charge < -0.3 is 14.6 Å². The van der Waals surface area contributed by atoms with Gasteiger partial charge in [-0.3, -0.25) is 9.58 Å². The molecule has 0 radical (unpaired) electrons. The molecule has 10 heteroatoms. The number of morpholine rings is 1. The van der Waals surface area contributed by atoms with Crippen molar-refractivity contribution in [1.29, 1.82) is 0 Å². The fourth-order valence-corrected chi connectivity index (χ4v) is 3.35. The molecular weight excluding hydrogens is 367 g/mol. The zero-order valence-corrected chi connectivity index (χ0v) is 15.1. The van der Waals surface area contributed by atoms with E-state index < -0.39 is 12.1 Å². The van der Waals surface area contributed by atoms with Gasteiger partial charge >= 0.3 is 12.1 Å². The lowest BCUT2D eigenvalue weighted by Crippen LogP contribution is -2.51. The Hall–Kier alpha value is -1.91. The molecular formula is C17H24F3N3O4. The maximum Gasteiger partial charge on any atom is 0.490 e. The minimum atomic E-state index is -5.08. The molecule has 2 aliphatic rings. The van der Waals surface area contributed by atoms with Crippen LogP contribution in [0.3, 0.4) is 0 Å². The first kappa shape index (κ1) is 21.4. The Morgan fingerprint density at radius 2 is 2.22 bits per heavy atom. The van der Waals surface area contributed by atoms with Gasteiger partial charge in [-0.05, 0) is 12.8 Å². The number of hydrogen-bond donors (Lipinski definition) is 1. The van der Waals surface area contributed by atoms with Crippen LogP contribution in [-0.4, -0.2) is 69.9 Å². The Labute approximate surface area is 155 Å². The van der Waals surface area contributed by atoms with Crippen molar-refractivity contribution in [1.82, 2.24) is 14.7 Å². The Morgan fingerprint density at radius 3 is 2.78 bits per heavy atom. The fourth-order valence-electron chi connectivity index (χ4n) is 3.35. The van der Waals surface area contributed by atoms with Crippen LogP contribution in [0.5, 0.6) is 0 Å². The van der Waals surface area contributed by atoms with Gasteiger partial charge in [-0.15, -0.1) is 6.58 Å². The first-order chi connectivity index (χ1) is 12.7. The lowest BCUT2D eigenvalue weighted by atomic mass is 10.1. The number of carboxylic acid groups (broad SMARTS) is 1. The molecule has 0 unspecified atom stereocenters. The Bertz CT molecular complexity index is 635. The highest BCUT2D eigenvalue weighted by atomic mass is 19.4. The highest BCUT2D eigenvalue weighted by Crippen LogP contribution is 2.32. The zero-order chi connectivity index (χ0) is 20.0. The van der Waals surface area contributed by atoms with Crippen LogP contribution in [0.4, 0.5) is 13.2 Å². The van der Waals surface area contributed by atoms with Gasteiger partial charge in [0.25, 0.3) is 0 Å². The molecule has 0 bridgehead atoms. The molecule has 1 saturated heterocycles. The Balaban J connectivity index is 0.000000321. The molecule has 7 nitrogen and oxygen atoms in total. The molecule has 1 aromatic rings. The van der Waals surface area contributed by atoms with Gasteiger partial charge in [0, 0.05) is 37.9 Å². The summed E-state index contributed by atoms with van der Waals surface area (Å²) in [5.41, 5.74) is 1.27. The molecule has 1 aromatic heterocycles.